The molecule has 1 aliphatic rings. The molecule has 3 aromatic rings. The van der Waals surface area contributed by atoms with Crippen LogP contribution in [0.1, 0.15) is 13.3 Å². The molecule has 3 heterocycles. The van der Waals surface area contributed by atoms with Crippen molar-refractivity contribution in [1.82, 2.24) is 19.7 Å². The molecule has 2 amide bonds. The summed E-state index contributed by atoms with van der Waals surface area (Å²) in [6, 6.07) is 10.4. The molecule has 0 aliphatic carbocycles. The van der Waals surface area contributed by atoms with Gasteiger partial charge < -0.3 is 29.2 Å². The van der Waals surface area contributed by atoms with Crippen molar-refractivity contribution in [3.8, 4) is 17.4 Å². The second-order valence-electron chi connectivity index (χ2n) is 8.90. The second-order valence-corrected chi connectivity index (χ2v) is 9.34. The van der Waals surface area contributed by atoms with Gasteiger partial charge >= 0.3 is 0 Å². The summed E-state index contributed by atoms with van der Waals surface area (Å²) in [4.78, 5) is 31.0. The maximum absolute atomic E-state index is 12.7. The molecule has 1 fully saturated rings. The molecule has 1 N–H and O–H groups in total. The third kappa shape index (κ3) is 7.59. The number of carbonyl (C=O) groups is 2. The van der Waals surface area contributed by atoms with E-state index in [2.05, 4.69) is 15.4 Å². The SMILES string of the molecule is COc1cc(O[C@@H]2CO[C@@H](C(=O)Nc3cnn(CC(=O)N(C)CC(C)Oc4ccc(Cl)cc4)c3)C2)ccn1. The number of anilines is 1. The van der Waals surface area contributed by atoms with E-state index in [0.29, 0.717) is 41.1 Å². The molecule has 11 nitrogen and oxygen atoms in total. The Morgan fingerprint density at radius 2 is 2.05 bits per heavy atom. The Balaban J connectivity index is 1.21. The summed E-state index contributed by atoms with van der Waals surface area (Å²) < 4.78 is 23.9. The van der Waals surface area contributed by atoms with Gasteiger partial charge in [-0.25, -0.2) is 4.98 Å². The Bertz CT molecular complexity index is 1240. The maximum atomic E-state index is 12.7. The first-order valence-electron chi connectivity index (χ1n) is 12.1. The van der Waals surface area contributed by atoms with Crippen LogP contribution in [0.3, 0.4) is 0 Å². The van der Waals surface area contributed by atoms with Crippen LogP contribution < -0.4 is 19.5 Å². The minimum atomic E-state index is -0.665. The normalized spacial score (nSPS) is 17.5. The number of hydrogen-bond acceptors (Lipinski definition) is 8. The number of likely N-dealkylation sites (N-methyl/N-ethyl adjacent to an activating group) is 1. The van der Waals surface area contributed by atoms with Crippen LogP contribution in [0.15, 0.2) is 55.0 Å². The lowest BCUT2D eigenvalue weighted by Crippen LogP contribution is -2.37. The van der Waals surface area contributed by atoms with E-state index in [9.17, 15) is 9.59 Å². The zero-order valence-corrected chi connectivity index (χ0v) is 22.1. The van der Waals surface area contributed by atoms with E-state index in [0.717, 1.165) is 0 Å². The fourth-order valence-electron chi connectivity index (χ4n) is 3.90. The Kier molecular flexibility index (Phi) is 9.03. The molecule has 1 aromatic carbocycles. The molecule has 38 heavy (non-hydrogen) atoms. The molecule has 0 saturated carbocycles. The average Bonchev–Trinajstić information content (AvgIpc) is 3.55. The van der Waals surface area contributed by atoms with Crippen LogP contribution in [0.25, 0.3) is 0 Å². The number of carbonyl (C=O) groups excluding carboxylic acids is 2. The Morgan fingerprint density at radius 1 is 1.26 bits per heavy atom. The fourth-order valence-corrected chi connectivity index (χ4v) is 4.02. The van der Waals surface area contributed by atoms with Gasteiger partial charge in [0.25, 0.3) is 5.91 Å². The summed E-state index contributed by atoms with van der Waals surface area (Å²) in [5.74, 6) is 1.26. The maximum Gasteiger partial charge on any atom is 0.253 e. The number of hydrogen-bond donors (Lipinski definition) is 1. The number of pyridine rings is 1. The van der Waals surface area contributed by atoms with Crippen LogP contribution in [-0.4, -0.2) is 77.1 Å². The van der Waals surface area contributed by atoms with Crippen molar-refractivity contribution < 1.29 is 28.5 Å². The van der Waals surface area contributed by atoms with Gasteiger partial charge in [0.15, 0.2) is 0 Å². The van der Waals surface area contributed by atoms with Crippen molar-refractivity contribution in [3.63, 3.8) is 0 Å². The first kappa shape index (κ1) is 27.2. The van der Waals surface area contributed by atoms with E-state index < -0.39 is 6.10 Å². The third-order valence-corrected chi connectivity index (χ3v) is 6.03. The van der Waals surface area contributed by atoms with Crippen LogP contribution in [-0.2, 0) is 20.9 Å². The largest absolute Gasteiger partial charge is 0.489 e. The van der Waals surface area contributed by atoms with Crippen LogP contribution >= 0.6 is 11.6 Å². The number of benzene rings is 1. The summed E-state index contributed by atoms with van der Waals surface area (Å²) in [7, 11) is 3.23. The summed E-state index contributed by atoms with van der Waals surface area (Å²) in [6.07, 6.45) is 3.90. The summed E-state index contributed by atoms with van der Waals surface area (Å²) in [6.45, 7) is 2.57. The van der Waals surface area contributed by atoms with Crippen molar-refractivity contribution in [3.05, 3.63) is 60.0 Å². The van der Waals surface area contributed by atoms with Gasteiger partial charge in [-0.3, -0.25) is 14.3 Å². The number of rotatable bonds is 11. The highest BCUT2D eigenvalue weighted by Gasteiger charge is 2.32. The first-order valence-corrected chi connectivity index (χ1v) is 12.4. The van der Waals surface area contributed by atoms with Crippen molar-refractivity contribution in [2.75, 3.05) is 32.6 Å². The molecule has 1 unspecified atom stereocenters. The molecule has 0 radical (unpaired) electrons. The third-order valence-electron chi connectivity index (χ3n) is 5.78. The fraction of sp³-hybridized carbons (Fsp3) is 0.385. The minimum Gasteiger partial charge on any atom is -0.489 e. The summed E-state index contributed by atoms with van der Waals surface area (Å²) in [5.41, 5.74) is 0.469. The number of nitrogens with zero attached hydrogens (tertiary/aromatic N) is 4. The molecule has 4 rings (SSSR count). The second kappa shape index (κ2) is 12.6. The molecule has 0 bridgehead atoms. The highest BCUT2D eigenvalue weighted by Crippen LogP contribution is 2.23. The molecule has 3 atom stereocenters. The zero-order valence-electron chi connectivity index (χ0n) is 21.4. The van der Waals surface area contributed by atoms with E-state index in [-0.39, 0.29) is 37.2 Å². The molecule has 12 heteroatoms. The number of ether oxygens (including phenoxy) is 4. The minimum absolute atomic E-state index is 0.0191. The topological polar surface area (TPSA) is 117 Å². The van der Waals surface area contributed by atoms with Gasteiger partial charge in [0, 0.05) is 37.0 Å². The molecular weight excluding hydrogens is 514 g/mol. The average molecular weight is 544 g/mol. The van der Waals surface area contributed by atoms with Crippen molar-refractivity contribution in [1.29, 1.82) is 0 Å². The Hall–Kier alpha value is -3.83. The molecular formula is C26H30ClN5O6. The van der Waals surface area contributed by atoms with Gasteiger partial charge in [0.1, 0.15) is 36.4 Å². The van der Waals surface area contributed by atoms with Crippen LogP contribution in [0.2, 0.25) is 5.02 Å². The van der Waals surface area contributed by atoms with Crippen LogP contribution in [0, 0.1) is 0 Å². The van der Waals surface area contributed by atoms with Gasteiger partial charge in [0.2, 0.25) is 11.8 Å². The molecule has 1 saturated heterocycles. The van der Waals surface area contributed by atoms with Gasteiger partial charge in [-0.1, -0.05) is 11.6 Å². The standard InChI is InChI=1S/C26H30ClN5O6/c1-17(37-20-6-4-18(27)5-7-20)13-31(2)25(33)15-32-14-19(12-29-32)30-26(34)23-10-22(16-36-23)38-21-8-9-28-24(11-21)35-3/h4-9,11-12,14,17,22-23H,10,13,15-16H2,1-3H3,(H,30,34)/t17?,22-,23+/m0/s1. The van der Waals surface area contributed by atoms with E-state index in [4.69, 9.17) is 30.5 Å². The number of aromatic nitrogens is 3. The summed E-state index contributed by atoms with van der Waals surface area (Å²) >= 11 is 5.90. The highest BCUT2D eigenvalue weighted by molar-refractivity contribution is 6.30. The number of methoxy groups -OCH3 is 1. The lowest BCUT2D eigenvalue weighted by Gasteiger charge is -2.22. The van der Waals surface area contributed by atoms with E-state index >= 15 is 0 Å². The van der Waals surface area contributed by atoms with E-state index in [1.807, 2.05) is 6.92 Å². The van der Waals surface area contributed by atoms with Crippen LogP contribution in [0.5, 0.6) is 17.4 Å². The Labute approximate surface area is 225 Å². The predicted molar refractivity (Wildman–Crippen MR) is 140 cm³/mol. The number of halogens is 1. The Morgan fingerprint density at radius 3 is 2.82 bits per heavy atom. The zero-order chi connectivity index (χ0) is 27.1. The smallest absolute Gasteiger partial charge is 0.253 e. The number of amides is 2. The van der Waals surface area contributed by atoms with Gasteiger partial charge in [-0.15, -0.1) is 0 Å². The molecule has 2 aromatic heterocycles. The van der Waals surface area contributed by atoms with E-state index in [1.54, 1.807) is 60.7 Å². The van der Waals surface area contributed by atoms with Crippen molar-refractivity contribution >= 4 is 29.1 Å². The van der Waals surface area contributed by atoms with Crippen LogP contribution in [0.4, 0.5) is 5.69 Å². The van der Waals surface area contributed by atoms with Gasteiger partial charge in [-0.2, -0.15) is 5.10 Å². The monoisotopic (exact) mass is 543 g/mol. The molecule has 1 aliphatic heterocycles. The molecule has 0 spiro atoms. The van der Waals surface area contributed by atoms with E-state index in [1.165, 1.54) is 18.0 Å². The van der Waals surface area contributed by atoms with Crippen molar-refractivity contribution in [2.45, 2.75) is 38.2 Å². The van der Waals surface area contributed by atoms with Crippen molar-refractivity contribution in [2.24, 2.45) is 0 Å². The van der Waals surface area contributed by atoms with Gasteiger partial charge in [-0.05, 0) is 37.3 Å². The highest BCUT2D eigenvalue weighted by atomic mass is 35.5. The first-order chi connectivity index (χ1) is 18.3. The number of nitrogens with one attached hydrogen (secondary N) is 1. The summed E-state index contributed by atoms with van der Waals surface area (Å²) in [5, 5.41) is 7.60. The van der Waals surface area contributed by atoms with Gasteiger partial charge in [0.05, 0.1) is 32.1 Å². The predicted octanol–water partition coefficient (Wildman–Crippen LogP) is 3.04. The lowest BCUT2D eigenvalue weighted by atomic mass is 10.2. The quantitative estimate of drug-likeness (QED) is 0.392. The molecule has 202 valence electrons. The lowest BCUT2D eigenvalue weighted by molar-refractivity contribution is -0.131.